The first-order valence-corrected chi connectivity index (χ1v) is 6.87. The fourth-order valence-corrected chi connectivity index (χ4v) is 3.18. The van der Waals surface area contributed by atoms with Gasteiger partial charge >= 0.3 is 0 Å². The van der Waals surface area contributed by atoms with Crippen LogP contribution in [0.25, 0.3) is 0 Å². The number of nitrogens with zero attached hydrogens (tertiary/aromatic N) is 1. The summed E-state index contributed by atoms with van der Waals surface area (Å²) in [4.78, 5) is 14.9. The van der Waals surface area contributed by atoms with Crippen molar-refractivity contribution in [2.45, 2.75) is 45.1 Å². The third-order valence-corrected chi connectivity index (χ3v) is 4.60. The van der Waals surface area contributed by atoms with E-state index >= 15 is 0 Å². The van der Waals surface area contributed by atoms with E-state index in [1.165, 1.54) is 0 Å². The summed E-state index contributed by atoms with van der Waals surface area (Å²) in [6, 6.07) is 2.00. The van der Waals surface area contributed by atoms with Gasteiger partial charge in [-0.3, -0.25) is 0 Å². The highest BCUT2D eigenvalue weighted by molar-refractivity contribution is 6.32. The molecule has 0 heterocycles. The lowest BCUT2D eigenvalue weighted by Gasteiger charge is -2.27. The summed E-state index contributed by atoms with van der Waals surface area (Å²) < 4.78 is 5.52. The molecular weight excluding hydrogens is 262 g/mol. The molecule has 3 nitrogen and oxygen atoms in total. The van der Waals surface area contributed by atoms with Crippen LogP contribution in [0.2, 0.25) is 5.02 Å². The summed E-state index contributed by atoms with van der Waals surface area (Å²) in [5.74, 6) is 0.747. The Hall–Kier alpha value is -1.31. The molecule has 1 aliphatic rings. The van der Waals surface area contributed by atoms with Gasteiger partial charge in [-0.05, 0) is 38.3 Å². The first kappa shape index (κ1) is 14.1. The minimum Gasteiger partial charge on any atom is -0.496 e. The van der Waals surface area contributed by atoms with Crippen molar-refractivity contribution in [3.63, 3.8) is 0 Å². The average molecular weight is 280 g/mol. The van der Waals surface area contributed by atoms with Gasteiger partial charge in [0.15, 0.2) is 0 Å². The highest BCUT2D eigenvalue weighted by Crippen LogP contribution is 2.48. The quantitative estimate of drug-likeness (QED) is 0.618. The van der Waals surface area contributed by atoms with Gasteiger partial charge in [0.05, 0.1) is 12.1 Å². The molecule has 0 unspecified atom stereocenters. The minimum atomic E-state index is -0.479. The normalized spacial score (nSPS) is 17.1. The Morgan fingerprint density at radius 1 is 1.37 bits per heavy atom. The van der Waals surface area contributed by atoms with Gasteiger partial charge in [-0.15, -0.1) is 0 Å². The zero-order valence-corrected chi connectivity index (χ0v) is 12.3. The van der Waals surface area contributed by atoms with E-state index in [2.05, 4.69) is 4.99 Å². The number of aliphatic imine (C=N–C) groups is 1. The summed E-state index contributed by atoms with van der Waals surface area (Å²) in [6.07, 6.45) is 5.59. The van der Waals surface area contributed by atoms with Crippen molar-refractivity contribution in [1.29, 1.82) is 0 Å². The number of benzene rings is 1. The topological polar surface area (TPSA) is 38.7 Å². The number of isocyanates is 1. The maximum absolute atomic E-state index is 10.8. The Labute approximate surface area is 118 Å². The number of methoxy groups -OCH3 is 1. The van der Waals surface area contributed by atoms with Crippen LogP contribution in [0.15, 0.2) is 11.1 Å². The molecule has 0 spiro atoms. The molecule has 0 radical (unpaired) electrons. The highest BCUT2D eigenvalue weighted by Gasteiger charge is 2.39. The zero-order chi connectivity index (χ0) is 14.0. The van der Waals surface area contributed by atoms with E-state index in [4.69, 9.17) is 16.3 Å². The maximum Gasteiger partial charge on any atom is 0.235 e. The van der Waals surface area contributed by atoms with Crippen LogP contribution in [-0.4, -0.2) is 13.2 Å². The predicted molar refractivity (Wildman–Crippen MR) is 75.7 cm³/mol. The Balaban J connectivity index is 2.70. The van der Waals surface area contributed by atoms with Crippen molar-refractivity contribution in [3.05, 3.63) is 27.8 Å². The molecule has 0 aromatic heterocycles. The lowest BCUT2D eigenvalue weighted by atomic mass is 9.86. The number of rotatable bonds is 3. The molecule has 0 atom stereocenters. The second-order valence-electron chi connectivity index (χ2n) is 5.16. The third-order valence-electron chi connectivity index (χ3n) is 4.02. The number of ether oxygens (including phenoxy) is 1. The van der Waals surface area contributed by atoms with Crippen molar-refractivity contribution in [1.82, 2.24) is 0 Å². The average Bonchev–Trinajstić information content (AvgIpc) is 2.86. The molecule has 4 heteroatoms. The first-order valence-electron chi connectivity index (χ1n) is 6.49. The van der Waals surface area contributed by atoms with Gasteiger partial charge in [0.1, 0.15) is 11.3 Å². The summed E-state index contributed by atoms with van der Waals surface area (Å²) in [6.45, 7) is 3.90. The largest absolute Gasteiger partial charge is 0.496 e. The SMILES string of the molecule is COc1c(C2(N=C=O)CCCC2)cc(C)c(Cl)c1C. The number of halogens is 1. The second-order valence-corrected chi connectivity index (χ2v) is 5.53. The predicted octanol–water partition coefficient (Wildman–Crippen LogP) is 4.07. The maximum atomic E-state index is 10.8. The molecule has 0 amide bonds. The molecule has 0 saturated heterocycles. The van der Waals surface area contributed by atoms with Gasteiger partial charge in [0.2, 0.25) is 6.08 Å². The van der Waals surface area contributed by atoms with E-state index in [1.807, 2.05) is 19.9 Å². The molecule has 0 N–H and O–H groups in total. The summed E-state index contributed by atoms with van der Waals surface area (Å²) in [7, 11) is 1.63. The number of hydrogen-bond donors (Lipinski definition) is 0. The van der Waals surface area contributed by atoms with Crippen molar-refractivity contribution < 1.29 is 9.53 Å². The molecule has 1 saturated carbocycles. The van der Waals surface area contributed by atoms with Crippen LogP contribution >= 0.6 is 11.6 Å². The fraction of sp³-hybridized carbons (Fsp3) is 0.533. The van der Waals surface area contributed by atoms with E-state index in [-0.39, 0.29) is 0 Å². The van der Waals surface area contributed by atoms with Crippen molar-refractivity contribution in [2.75, 3.05) is 7.11 Å². The molecule has 102 valence electrons. The van der Waals surface area contributed by atoms with Gasteiger partial charge in [-0.2, -0.15) is 4.99 Å². The van der Waals surface area contributed by atoms with Crippen molar-refractivity contribution >= 4 is 17.7 Å². The van der Waals surface area contributed by atoms with Crippen LogP contribution in [0.4, 0.5) is 0 Å². The smallest absolute Gasteiger partial charge is 0.235 e. The zero-order valence-electron chi connectivity index (χ0n) is 11.5. The second kappa shape index (κ2) is 5.36. The fourth-order valence-electron chi connectivity index (χ4n) is 3.04. The van der Waals surface area contributed by atoms with Crippen LogP contribution in [0, 0.1) is 13.8 Å². The lowest BCUT2D eigenvalue weighted by Crippen LogP contribution is -2.20. The molecule has 2 rings (SSSR count). The number of aryl methyl sites for hydroxylation is 1. The summed E-state index contributed by atoms with van der Waals surface area (Å²) in [5, 5.41) is 0.712. The molecule has 0 bridgehead atoms. The Kier molecular flexibility index (Phi) is 3.98. The van der Waals surface area contributed by atoms with E-state index in [9.17, 15) is 4.79 Å². The molecule has 1 aromatic carbocycles. The van der Waals surface area contributed by atoms with Gasteiger partial charge < -0.3 is 4.74 Å². The Morgan fingerprint density at radius 3 is 2.53 bits per heavy atom. The van der Waals surface area contributed by atoms with Crippen LogP contribution < -0.4 is 4.74 Å². The van der Waals surface area contributed by atoms with Gasteiger partial charge in [-0.25, -0.2) is 4.79 Å². The number of hydrogen-bond acceptors (Lipinski definition) is 3. The van der Waals surface area contributed by atoms with Gasteiger partial charge in [0, 0.05) is 11.1 Å². The van der Waals surface area contributed by atoms with E-state index in [0.717, 1.165) is 48.1 Å². The molecular formula is C15H18ClNO2. The van der Waals surface area contributed by atoms with Crippen LogP contribution in [0.1, 0.15) is 42.4 Å². The monoisotopic (exact) mass is 279 g/mol. The number of carbonyl (C=O) groups excluding carboxylic acids is 1. The molecule has 1 aromatic rings. The highest BCUT2D eigenvalue weighted by atomic mass is 35.5. The standard InChI is InChI=1S/C15H18ClNO2/c1-10-8-12(14(19-3)11(2)13(10)16)15(17-9-18)6-4-5-7-15/h8H,4-7H2,1-3H3. The Morgan fingerprint density at radius 2 is 2.00 bits per heavy atom. The molecule has 19 heavy (non-hydrogen) atoms. The van der Waals surface area contributed by atoms with Crippen LogP contribution in [0.3, 0.4) is 0 Å². The summed E-state index contributed by atoms with van der Waals surface area (Å²) in [5.41, 5.74) is 2.39. The summed E-state index contributed by atoms with van der Waals surface area (Å²) >= 11 is 6.27. The van der Waals surface area contributed by atoms with Gasteiger partial charge in [0.25, 0.3) is 0 Å². The molecule has 0 aliphatic heterocycles. The van der Waals surface area contributed by atoms with Crippen LogP contribution in [-0.2, 0) is 10.3 Å². The molecule has 1 fully saturated rings. The van der Waals surface area contributed by atoms with Gasteiger partial charge in [-0.1, -0.05) is 24.4 Å². The van der Waals surface area contributed by atoms with E-state index in [1.54, 1.807) is 13.2 Å². The van der Waals surface area contributed by atoms with Crippen molar-refractivity contribution in [2.24, 2.45) is 4.99 Å². The van der Waals surface area contributed by atoms with Crippen molar-refractivity contribution in [3.8, 4) is 5.75 Å². The van der Waals surface area contributed by atoms with E-state index in [0.29, 0.717) is 5.02 Å². The third kappa shape index (κ3) is 2.29. The Bertz CT molecular complexity index is 542. The first-order chi connectivity index (χ1) is 9.05. The lowest BCUT2D eigenvalue weighted by molar-refractivity contribution is 0.376. The molecule has 1 aliphatic carbocycles. The van der Waals surface area contributed by atoms with E-state index < -0.39 is 5.54 Å². The minimum absolute atomic E-state index is 0.479. The van der Waals surface area contributed by atoms with Crippen LogP contribution in [0.5, 0.6) is 5.75 Å².